The van der Waals surface area contributed by atoms with E-state index in [-0.39, 0.29) is 23.1 Å². The Hall–Kier alpha value is -3.40. The maximum Gasteiger partial charge on any atom is 0.269 e. The van der Waals surface area contributed by atoms with Crippen LogP contribution >= 0.6 is 11.8 Å². The van der Waals surface area contributed by atoms with Crippen molar-refractivity contribution in [3.63, 3.8) is 0 Å². The summed E-state index contributed by atoms with van der Waals surface area (Å²) in [4.78, 5) is 22.5. The fourth-order valence-electron chi connectivity index (χ4n) is 2.52. The van der Waals surface area contributed by atoms with Gasteiger partial charge in [0, 0.05) is 30.4 Å². The number of non-ortho nitro benzene ring substituents is 1. The van der Waals surface area contributed by atoms with Crippen LogP contribution in [0, 0.1) is 17.0 Å². The van der Waals surface area contributed by atoms with Crippen molar-refractivity contribution in [3.8, 4) is 17.1 Å². The summed E-state index contributed by atoms with van der Waals surface area (Å²) in [6.07, 6.45) is 0. The van der Waals surface area contributed by atoms with E-state index in [4.69, 9.17) is 0 Å². The zero-order valence-electron chi connectivity index (χ0n) is 15.1. The van der Waals surface area contributed by atoms with Crippen molar-refractivity contribution in [1.82, 2.24) is 14.8 Å². The highest BCUT2D eigenvalue weighted by Gasteiger charge is 2.14. The number of benzene rings is 2. The number of nitrogens with one attached hydrogen (secondary N) is 1. The van der Waals surface area contributed by atoms with Gasteiger partial charge in [0.05, 0.1) is 10.7 Å². The Kier molecular flexibility index (Phi) is 5.59. The third-order valence-electron chi connectivity index (χ3n) is 3.99. The average molecular weight is 399 g/mol. The van der Waals surface area contributed by atoms with Crippen LogP contribution in [0.2, 0.25) is 0 Å². The Morgan fingerprint density at radius 3 is 2.61 bits per heavy atom. The summed E-state index contributed by atoms with van der Waals surface area (Å²) in [5.41, 5.74) is 1.91. The molecule has 28 heavy (non-hydrogen) atoms. The normalized spacial score (nSPS) is 10.6. The van der Waals surface area contributed by atoms with E-state index >= 15 is 0 Å². The Labute approximate surface area is 164 Å². The van der Waals surface area contributed by atoms with Gasteiger partial charge in [0.2, 0.25) is 5.91 Å². The van der Waals surface area contributed by atoms with Crippen LogP contribution in [0.4, 0.5) is 11.4 Å². The van der Waals surface area contributed by atoms with E-state index < -0.39 is 4.92 Å². The number of amides is 1. The molecule has 0 atom stereocenters. The summed E-state index contributed by atoms with van der Waals surface area (Å²) >= 11 is 1.23. The van der Waals surface area contributed by atoms with Crippen LogP contribution in [-0.4, -0.2) is 36.5 Å². The molecule has 0 radical (unpaired) electrons. The lowest BCUT2D eigenvalue weighted by atomic mass is 10.2. The van der Waals surface area contributed by atoms with Crippen LogP contribution in [0.15, 0.2) is 47.6 Å². The van der Waals surface area contributed by atoms with Crippen LogP contribution in [0.5, 0.6) is 5.75 Å². The second-order valence-electron chi connectivity index (χ2n) is 6.01. The summed E-state index contributed by atoms with van der Waals surface area (Å²) in [6, 6.07) is 10.9. The van der Waals surface area contributed by atoms with Crippen molar-refractivity contribution < 1.29 is 14.8 Å². The van der Waals surface area contributed by atoms with Gasteiger partial charge < -0.3 is 15.0 Å². The molecule has 0 unspecified atom stereocenters. The minimum absolute atomic E-state index is 0.0225. The first-order chi connectivity index (χ1) is 13.3. The molecule has 9 nitrogen and oxygen atoms in total. The van der Waals surface area contributed by atoms with Crippen LogP contribution < -0.4 is 5.32 Å². The molecule has 1 amide bonds. The molecular formula is C18H17N5O4S. The Bertz CT molecular complexity index is 1030. The van der Waals surface area contributed by atoms with E-state index in [1.54, 1.807) is 42.8 Å². The molecule has 10 heteroatoms. The van der Waals surface area contributed by atoms with Crippen molar-refractivity contribution in [1.29, 1.82) is 0 Å². The number of aryl methyl sites for hydroxylation is 1. The number of aromatic hydroxyl groups is 1. The Morgan fingerprint density at radius 1 is 1.25 bits per heavy atom. The summed E-state index contributed by atoms with van der Waals surface area (Å²) < 4.78 is 1.77. The summed E-state index contributed by atoms with van der Waals surface area (Å²) in [7, 11) is 1.79. The number of rotatable bonds is 6. The van der Waals surface area contributed by atoms with Gasteiger partial charge in [-0.05, 0) is 42.8 Å². The number of phenols is 1. The molecule has 2 aromatic carbocycles. The average Bonchev–Trinajstić information content (AvgIpc) is 3.03. The molecule has 0 aliphatic carbocycles. The highest BCUT2D eigenvalue weighted by molar-refractivity contribution is 7.99. The molecular weight excluding hydrogens is 382 g/mol. The van der Waals surface area contributed by atoms with E-state index in [1.807, 2.05) is 0 Å². The van der Waals surface area contributed by atoms with Crippen LogP contribution in [0.1, 0.15) is 5.56 Å². The standard InChI is InChI=1S/C18H17N5O4S/c1-11-9-13(23(26)27)5-8-15(11)19-16(25)10-28-18-21-20-17(22(18)2)12-3-6-14(24)7-4-12/h3-9,24H,10H2,1-2H3,(H,19,25). The molecule has 0 spiro atoms. The number of hydrogen-bond donors (Lipinski definition) is 2. The molecule has 0 saturated carbocycles. The second-order valence-corrected chi connectivity index (χ2v) is 6.95. The third kappa shape index (κ3) is 4.29. The van der Waals surface area contributed by atoms with Gasteiger partial charge in [-0.25, -0.2) is 0 Å². The van der Waals surface area contributed by atoms with Gasteiger partial charge in [0.1, 0.15) is 5.75 Å². The fourth-order valence-corrected chi connectivity index (χ4v) is 3.23. The number of phenolic OH excluding ortho intramolecular Hbond substituents is 1. The first-order valence-corrected chi connectivity index (χ1v) is 9.20. The van der Waals surface area contributed by atoms with E-state index in [1.165, 1.54) is 30.0 Å². The van der Waals surface area contributed by atoms with Crippen LogP contribution in [-0.2, 0) is 11.8 Å². The molecule has 3 aromatic rings. The van der Waals surface area contributed by atoms with Crippen molar-refractivity contribution in [3.05, 3.63) is 58.1 Å². The van der Waals surface area contributed by atoms with Gasteiger partial charge in [-0.15, -0.1) is 10.2 Å². The molecule has 3 rings (SSSR count). The number of aromatic nitrogens is 3. The van der Waals surface area contributed by atoms with Crippen molar-refractivity contribution in [2.45, 2.75) is 12.1 Å². The molecule has 1 heterocycles. The van der Waals surface area contributed by atoms with Gasteiger partial charge in [0.15, 0.2) is 11.0 Å². The summed E-state index contributed by atoms with van der Waals surface area (Å²) in [5, 5.41) is 31.7. The molecule has 1 aromatic heterocycles. The SMILES string of the molecule is Cc1cc([N+](=O)[O-])ccc1NC(=O)CSc1nnc(-c2ccc(O)cc2)n1C. The molecule has 0 aliphatic rings. The maximum absolute atomic E-state index is 12.2. The highest BCUT2D eigenvalue weighted by Crippen LogP contribution is 2.25. The van der Waals surface area contributed by atoms with Crippen molar-refractivity contribution in [2.75, 3.05) is 11.1 Å². The number of carbonyl (C=O) groups excluding carboxylic acids is 1. The predicted octanol–water partition coefficient (Wildman–Crippen LogP) is 3.14. The van der Waals surface area contributed by atoms with Gasteiger partial charge in [-0.1, -0.05) is 11.8 Å². The predicted molar refractivity (Wildman–Crippen MR) is 105 cm³/mol. The minimum Gasteiger partial charge on any atom is -0.508 e. The van der Waals surface area contributed by atoms with Crippen molar-refractivity contribution in [2.24, 2.45) is 7.05 Å². The third-order valence-corrected chi connectivity index (χ3v) is 5.01. The van der Waals surface area contributed by atoms with Gasteiger partial charge in [-0.2, -0.15) is 0 Å². The number of carbonyl (C=O) groups is 1. The number of nitro groups is 1. The van der Waals surface area contributed by atoms with E-state index in [0.717, 1.165) is 5.56 Å². The van der Waals surface area contributed by atoms with Crippen LogP contribution in [0.3, 0.4) is 0 Å². The second kappa shape index (κ2) is 8.09. The number of nitrogens with zero attached hydrogens (tertiary/aromatic N) is 4. The Morgan fingerprint density at radius 2 is 1.96 bits per heavy atom. The molecule has 2 N–H and O–H groups in total. The lowest BCUT2D eigenvalue weighted by Crippen LogP contribution is -2.15. The smallest absolute Gasteiger partial charge is 0.269 e. The number of nitro benzene ring substituents is 1. The molecule has 0 bridgehead atoms. The lowest BCUT2D eigenvalue weighted by molar-refractivity contribution is -0.384. The first-order valence-electron chi connectivity index (χ1n) is 8.21. The first kappa shape index (κ1) is 19.4. The topological polar surface area (TPSA) is 123 Å². The summed E-state index contributed by atoms with van der Waals surface area (Å²) in [6.45, 7) is 1.70. The molecule has 144 valence electrons. The minimum atomic E-state index is -0.478. The lowest BCUT2D eigenvalue weighted by Gasteiger charge is -2.08. The molecule has 0 fully saturated rings. The quantitative estimate of drug-likeness (QED) is 0.371. The zero-order chi connectivity index (χ0) is 20.3. The monoisotopic (exact) mass is 399 g/mol. The van der Waals surface area contributed by atoms with Gasteiger partial charge in [0.25, 0.3) is 5.69 Å². The molecule has 0 aliphatic heterocycles. The van der Waals surface area contributed by atoms with E-state index in [0.29, 0.717) is 22.2 Å². The number of anilines is 1. The zero-order valence-corrected chi connectivity index (χ0v) is 15.9. The number of thioether (sulfide) groups is 1. The largest absolute Gasteiger partial charge is 0.508 e. The maximum atomic E-state index is 12.2. The summed E-state index contributed by atoms with van der Waals surface area (Å²) in [5.74, 6) is 0.641. The fraction of sp³-hybridized carbons (Fsp3) is 0.167. The van der Waals surface area contributed by atoms with Crippen LogP contribution in [0.25, 0.3) is 11.4 Å². The van der Waals surface area contributed by atoms with Gasteiger partial charge in [-0.3, -0.25) is 14.9 Å². The van der Waals surface area contributed by atoms with Crippen molar-refractivity contribution >= 4 is 29.0 Å². The highest BCUT2D eigenvalue weighted by atomic mass is 32.2. The van der Waals surface area contributed by atoms with E-state index in [9.17, 15) is 20.0 Å². The molecule has 0 saturated heterocycles. The van der Waals surface area contributed by atoms with Gasteiger partial charge >= 0.3 is 0 Å². The van der Waals surface area contributed by atoms with E-state index in [2.05, 4.69) is 15.5 Å². The Balaban J connectivity index is 1.64. The number of hydrogen-bond acceptors (Lipinski definition) is 7.